The largest absolute Gasteiger partial charge is 0.481 e. The van der Waals surface area contributed by atoms with E-state index in [1.54, 1.807) is 30.6 Å². The van der Waals surface area contributed by atoms with E-state index in [0.717, 1.165) is 29.5 Å². The lowest BCUT2D eigenvalue weighted by molar-refractivity contribution is 0.0893. The van der Waals surface area contributed by atoms with Crippen molar-refractivity contribution < 1.29 is 19.3 Å². The Kier molecular flexibility index (Phi) is 7.27. The molecular weight excluding hydrogens is 445 g/mol. The molecule has 174 valence electrons. The minimum absolute atomic E-state index is 0.0312. The Hall–Kier alpha value is -2.94. The molecule has 0 amide bonds. The molecule has 3 aromatic heterocycles. The molecule has 11 heteroatoms. The molecule has 0 radical (unpaired) electrons. The molecule has 3 aromatic rings. The van der Waals surface area contributed by atoms with E-state index in [2.05, 4.69) is 15.1 Å². The number of nitrogens with zero attached hydrogens (tertiary/aromatic N) is 5. The number of fused-ring (bicyclic) bond motifs is 1. The molecule has 0 bridgehead atoms. The zero-order valence-electron chi connectivity index (χ0n) is 18.3. The van der Waals surface area contributed by atoms with Gasteiger partial charge in [-0.1, -0.05) is 0 Å². The summed E-state index contributed by atoms with van der Waals surface area (Å²) in [6.07, 6.45) is 7.59. The number of hydrogen-bond acceptors (Lipinski definition) is 9. The molecule has 0 spiro atoms. The number of carbonyl (C=O) groups excluding carboxylic acids is 1. The first-order valence-electron chi connectivity index (χ1n) is 10.8. The maximum Gasteiger partial charge on any atom is 0.285 e. The molecule has 1 fully saturated rings. The second-order valence-corrected chi connectivity index (χ2v) is 9.25. The summed E-state index contributed by atoms with van der Waals surface area (Å²) in [7, 11) is -0.359. The predicted molar refractivity (Wildman–Crippen MR) is 125 cm³/mol. The van der Waals surface area contributed by atoms with Gasteiger partial charge in [0.2, 0.25) is 5.88 Å². The van der Waals surface area contributed by atoms with Crippen LogP contribution in [0.1, 0.15) is 29.6 Å². The first-order valence-corrected chi connectivity index (χ1v) is 12.2. The van der Waals surface area contributed by atoms with Gasteiger partial charge in [-0.2, -0.15) is 14.8 Å². The van der Waals surface area contributed by atoms with Crippen LogP contribution in [0.15, 0.2) is 41.6 Å². The molecule has 4 heterocycles. The molecule has 1 aliphatic heterocycles. The molecule has 0 aliphatic carbocycles. The molecule has 0 saturated carbocycles. The smallest absolute Gasteiger partial charge is 0.285 e. The molecule has 0 aromatic carbocycles. The Morgan fingerprint density at radius 2 is 1.97 bits per heavy atom. The average molecular weight is 471 g/mol. The molecule has 0 atom stereocenters. The molecule has 33 heavy (non-hydrogen) atoms. The van der Waals surface area contributed by atoms with Gasteiger partial charge in [0.15, 0.2) is 8.38 Å². The lowest BCUT2D eigenvalue weighted by Crippen LogP contribution is -2.36. The first-order chi connectivity index (χ1) is 16.0. The van der Waals surface area contributed by atoms with Crippen LogP contribution in [0.4, 0.5) is 5.82 Å². The van der Waals surface area contributed by atoms with E-state index in [0.29, 0.717) is 47.6 Å². The second-order valence-electron chi connectivity index (χ2n) is 8.05. The summed E-state index contributed by atoms with van der Waals surface area (Å²) in [5.74, 6) is 0.806. The van der Waals surface area contributed by atoms with Crippen LogP contribution in [0.3, 0.4) is 0 Å². The Labute approximate surface area is 191 Å². The van der Waals surface area contributed by atoms with Crippen molar-refractivity contribution >= 4 is 30.9 Å². The summed E-state index contributed by atoms with van der Waals surface area (Å²) in [4.78, 5) is 55.1. The van der Waals surface area contributed by atoms with Crippen molar-refractivity contribution in [2.75, 3.05) is 31.3 Å². The van der Waals surface area contributed by atoms with Crippen molar-refractivity contribution in [3.8, 4) is 5.88 Å². The third-order valence-electron chi connectivity index (χ3n) is 5.93. The van der Waals surface area contributed by atoms with Gasteiger partial charge >= 0.3 is 0 Å². The maximum absolute atomic E-state index is 13.4. The van der Waals surface area contributed by atoms with Crippen molar-refractivity contribution in [2.24, 2.45) is 5.92 Å². The van der Waals surface area contributed by atoms with Crippen LogP contribution in [0.2, 0.25) is 0 Å². The van der Waals surface area contributed by atoms with E-state index in [-0.39, 0.29) is 6.42 Å². The summed E-state index contributed by atoms with van der Waals surface area (Å²) in [5.41, 5.74) is 0.235. The fourth-order valence-electron chi connectivity index (χ4n) is 4.12. The van der Waals surface area contributed by atoms with E-state index in [1.165, 1.54) is 13.3 Å². The zero-order valence-corrected chi connectivity index (χ0v) is 19.2. The number of ether oxygens (including phenoxy) is 1. The van der Waals surface area contributed by atoms with Gasteiger partial charge < -0.3 is 19.4 Å². The Balaban J connectivity index is 1.65. The van der Waals surface area contributed by atoms with E-state index in [4.69, 9.17) is 4.74 Å². The number of hydrogen-bond donors (Lipinski definition) is 2. The van der Waals surface area contributed by atoms with Crippen molar-refractivity contribution in [3.05, 3.63) is 52.7 Å². The highest BCUT2D eigenvalue weighted by Crippen LogP contribution is 2.33. The monoisotopic (exact) mass is 471 g/mol. The third kappa shape index (κ3) is 5.35. The number of aromatic nitrogens is 4. The van der Waals surface area contributed by atoms with Gasteiger partial charge in [-0.25, -0.2) is 0 Å². The van der Waals surface area contributed by atoms with E-state index < -0.39 is 19.8 Å². The summed E-state index contributed by atoms with van der Waals surface area (Å²) >= 11 is 0. The van der Waals surface area contributed by atoms with Crippen LogP contribution in [0, 0.1) is 5.92 Å². The normalized spacial score (nSPS) is 14.7. The van der Waals surface area contributed by atoms with E-state index in [9.17, 15) is 19.4 Å². The summed E-state index contributed by atoms with van der Waals surface area (Å²) in [6, 6.07) is 5.09. The van der Waals surface area contributed by atoms with Gasteiger partial charge in [0.25, 0.3) is 11.5 Å². The zero-order chi connectivity index (χ0) is 23.4. The molecule has 2 N–H and O–H groups in total. The molecule has 0 unspecified atom stereocenters. The SMILES string of the molecule is COc1cc2cnn(C(=O)Cc3ccncc3)c(=O)c2c(N2CCC(CCP(O)O)CC2)n1. The van der Waals surface area contributed by atoms with Gasteiger partial charge in [-0.3, -0.25) is 14.6 Å². The highest BCUT2D eigenvalue weighted by atomic mass is 31.2. The van der Waals surface area contributed by atoms with Gasteiger partial charge in [0, 0.05) is 43.1 Å². The fourth-order valence-corrected chi connectivity index (χ4v) is 4.71. The molecule has 10 nitrogen and oxygen atoms in total. The molecular formula is C22H26N5O5P. The number of piperidine rings is 1. The lowest BCUT2D eigenvalue weighted by Gasteiger charge is -2.33. The molecule has 1 saturated heterocycles. The highest BCUT2D eigenvalue weighted by Gasteiger charge is 2.25. The van der Waals surface area contributed by atoms with E-state index >= 15 is 0 Å². The fraction of sp³-hybridized carbons (Fsp3) is 0.409. The van der Waals surface area contributed by atoms with Crippen molar-refractivity contribution in [2.45, 2.75) is 25.7 Å². The van der Waals surface area contributed by atoms with Gasteiger partial charge in [0.05, 0.1) is 25.1 Å². The highest BCUT2D eigenvalue weighted by molar-refractivity contribution is 7.45. The van der Waals surface area contributed by atoms with Crippen molar-refractivity contribution in [1.29, 1.82) is 0 Å². The van der Waals surface area contributed by atoms with Gasteiger partial charge in [-0.05, 0) is 42.9 Å². The number of pyridine rings is 2. The minimum atomic E-state index is -1.87. The standard InChI is InChI=1S/C22H26N5O5P/c1-32-18-13-17-14-24-27(19(28)12-16-2-7-23-8-3-16)22(29)20(17)21(25-18)26-9-4-15(5-10-26)6-11-33(30)31/h2-3,7-8,13-15,30-31H,4-6,9-12H2,1H3. The number of anilines is 1. The van der Waals surface area contributed by atoms with Gasteiger partial charge in [-0.15, -0.1) is 0 Å². The molecule has 1 aliphatic rings. The average Bonchev–Trinajstić information content (AvgIpc) is 2.83. The summed E-state index contributed by atoms with van der Waals surface area (Å²) in [6.45, 7) is 1.34. The summed E-state index contributed by atoms with van der Waals surface area (Å²) < 4.78 is 6.24. The minimum Gasteiger partial charge on any atom is -0.481 e. The van der Waals surface area contributed by atoms with Crippen molar-refractivity contribution in [1.82, 2.24) is 19.7 Å². The maximum atomic E-state index is 13.4. The topological polar surface area (TPSA) is 131 Å². The van der Waals surface area contributed by atoms with Crippen LogP contribution in [-0.2, 0) is 6.42 Å². The predicted octanol–water partition coefficient (Wildman–Crippen LogP) is 1.98. The third-order valence-corrected chi connectivity index (χ3v) is 6.59. The number of carbonyl (C=O) groups is 1. The lowest BCUT2D eigenvalue weighted by atomic mass is 9.94. The van der Waals surface area contributed by atoms with E-state index in [1.807, 2.05) is 4.90 Å². The van der Waals surface area contributed by atoms with Crippen LogP contribution < -0.4 is 15.2 Å². The van der Waals surface area contributed by atoms with Crippen LogP contribution >= 0.6 is 8.38 Å². The van der Waals surface area contributed by atoms with Crippen LogP contribution in [0.25, 0.3) is 10.8 Å². The van der Waals surface area contributed by atoms with Gasteiger partial charge in [0.1, 0.15) is 5.82 Å². The quantitative estimate of drug-likeness (QED) is 0.497. The van der Waals surface area contributed by atoms with Crippen molar-refractivity contribution in [3.63, 3.8) is 0 Å². The summed E-state index contributed by atoms with van der Waals surface area (Å²) in [5, 5.41) is 5.00. The Morgan fingerprint density at radius 1 is 1.24 bits per heavy atom. The Morgan fingerprint density at radius 3 is 2.64 bits per heavy atom. The number of rotatable bonds is 7. The van der Waals surface area contributed by atoms with Crippen LogP contribution in [0.5, 0.6) is 5.88 Å². The number of methoxy groups -OCH3 is 1. The molecule has 4 rings (SSSR count). The second kappa shape index (κ2) is 10.3. The first kappa shape index (κ1) is 23.2. The Bertz CT molecular complexity index is 1180. The van der Waals surface area contributed by atoms with Crippen LogP contribution in [-0.4, -0.2) is 61.8 Å².